The Morgan fingerprint density at radius 1 is 1.14 bits per heavy atom. The maximum absolute atomic E-state index is 5.75. The van der Waals surface area contributed by atoms with Crippen molar-refractivity contribution in [2.24, 2.45) is 0 Å². The van der Waals surface area contributed by atoms with E-state index in [-0.39, 0.29) is 0 Å². The Morgan fingerprint density at radius 3 is 2.71 bits per heavy atom. The summed E-state index contributed by atoms with van der Waals surface area (Å²) >= 11 is 1.68. The highest BCUT2D eigenvalue weighted by molar-refractivity contribution is 7.98. The number of nitrogen functional groups attached to an aromatic ring is 1. The Balaban J connectivity index is 1.70. The minimum Gasteiger partial charge on any atom is -0.399 e. The summed E-state index contributed by atoms with van der Waals surface area (Å²) in [6.45, 7) is 2.05. The number of hydrogen-bond donors (Lipinski definition) is 1. The second-order valence-electron chi connectivity index (χ2n) is 4.70. The first kappa shape index (κ1) is 13.7. The van der Waals surface area contributed by atoms with Gasteiger partial charge in [0.15, 0.2) is 5.82 Å². The molecule has 1 heterocycles. The number of anilines is 1. The number of aromatic nitrogens is 2. The number of nitrogens with two attached hydrogens (primary N) is 1. The maximum atomic E-state index is 5.75. The number of aryl methyl sites for hydroxylation is 1. The summed E-state index contributed by atoms with van der Waals surface area (Å²) in [5.41, 5.74) is 8.63. The van der Waals surface area contributed by atoms with E-state index in [9.17, 15) is 0 Å². The minimum atomic E-state index is 0.556. The van der Waals surface area contributed by atoms with Gasteiger partial charge in [0.1, 0.15) is 0 Å². The van der Waals surface area contributed by atoms with Crippen LogP contribution in [0, 0.1) is 6.92 Å². The van der Waals surface area contributed by atoms with E-state index in [1.807, 2.05) is 55.5 Å². The van der Waals surface area contributed by atoms with Crippen molar-refractivity contribution in [3.05, 3.63) is 59.9 Å². The predicted molar refractivity (Wildman–Crippen MR) is 84.9 cm³/mol. The molecule has 106 valence electrons. The van der Waals surface area contributed by atoms with Crippen LogP contribution in [0.3, 0.4) is 0 Å². The van der Waals surface area contributed by atoms with E-state index in [4.69, 9.17) is 10.3 Å². The van der Waals surface area contributed by atoms with Crippen molar-refractivity contribution in [2.75, 3.05) is 5.73 Å². The third-order valence-corrected chi connectivity index (χ3v) is 4.22. The number of benzene rings is 2. The zero-order chi connectivity index (χ0) is 14.7. The van der Waals surface area contributed by atoms with Gasteiger partial charge in [-0.15, -0.1) is 11.8 Å². The third kappa shape index (κ3) is 3.25. The van der Waals surface area contributed by atoms with Gasteiger partial charge in [-0.05, 0) is 42.8 Å². The molecule has 0 aliphatic carbocycles. The lowest BCUT2D eigenvalue weighted by Crippen LogP contribution is -1.89. The SMILES string of the molecule is Cc1cc(N)ccc1SCc1noc(-c2ccccc2)n1. The van der Waals surface area contributed by atoms with Crippen LogP contribution in [0.15, 0.2) is 57.9 Å². The fourth-order valence-electron chi connectivity index (χ4n) is 1.99. The summed E-state index contributed by atoms with van der Waals surface area (Å²) in [7, 11) is 0. The van der Waals surface area contributed by atoms with Gasteiger partial charge in [-0.1, -0.05) is 23.4 Å². The molecule has 3 rings (SSSR count). The summed E-state index contributed by atoms with van der Waals surface area (Å²) in [5, 5.41) is 4.02. The fraction of sp³-hybridized carbons (Fsp3) is 0.125. The molecule has 2 N–H and O–H groups in total. The monoisotopic (exact) mass is 297 g/mol. The molecule has 0 spiro atoms. The summed E-state index contributed by atoms with van der Waals surface area (Å²) in [6, 6.07) is 15.7. The van der Waals surface area contributed by atoms with Crippen LogP contribution in [0.2, 0.25) is 0 Å². The van der Waals surface area contributed by atoms with Crippen LogP contribution in [0.1, 0.15) is 11.4 Å². The smallest absolute Gasteiger partial charge is 0.257 e. The second-order valence-corrected chi connectivity index (χ2v) is 5.71. The highest BCUT2D eigenvalue weighted by Gasteiger charge is 2.09. The number of hydrogen-bond acceptors (Lipinski definition) is 5. The van der Waals surface area contributed by atoms with Crippen molar-refractivity contribution in [1.29, 1.82) is 0 Å². The van der Waals surface area contributed by atoms with Crippen molar-refractivity contribution >= 4 is 17.4 Å². The van der Waals surface area contributed by atoms with E-state index in [1.165, 1.54) is 4.90 Å². The van der Waals surface area contributed by atoms with Gasteiger partial charge < -0.3 is 10.3 Å². The third-order valence-electron chi connectivity index (χ3n) is 3.04. The molecule has 0 radical (unpaired) electrons. The molecule has 0 unspecified atom stereocenters. The maximum Gasteiger partial charge on any atom is 0.257 e. The second kappa shape index (κ2) is 6.01. The van der Waals surface area contributed by atoms with Gasteiger partial charge in [0.2, 0.25) is 0 Å². The van der Waals surface area contributed by atoms with Crippen LogP contribution in [-0.2, 0) is 5.75 Å². The molecule has 3 aromatic rings. The zero-order valence-corrected chi connectivity index (χ0v) is 12.4. The van der Waals surface area contributed by atoms with Gasteiger partial charge in [-0.3, -0.25) is 0 Å². The molecule has 0 saturated heterocycles. The average Bonchev–Trinajstić information content (AvgIpc) is 2.96. The van der Waals surface area contributed by atoms with Gasteiger partial charge in [-0.25, -0.2) is 0 Å². The molecule has 1 aromatic heterocycles. The van der Waals surface area contributed by atoms with E-state index in [0.717, 1.165) is 16.8 Å². The summed E-state index contributed by atoms with van der Waals surface area (Å²) in [6.07, 6.45) is 0. The van der Waals surface area contributed by atoms with Crippen LogP contribution in [0.4, 0.5) is 5.69 Å². The quantitative estimate of drug-likeness (QED) is 0.584. The van der Waals surface area contributed by atoms with Crippen LogP contribution in [0.25, 0.3) is 11.5 Å². The normalized spacial score (nSPS) is 10.7. The van der Waals surface area contributed by atoms with Gasteiger partial charge in [0, 0.05) is 16.1 Å². The van der Waals surface area contributed by atoms with E-state index in [2.05, 4.69) is 10.1 Å². The summed E-state index contributed by atoms with van der Waals surface area (Å²) in [5.74, 6) is 1.91. The van der Waals surface area contributed by atoms with Crippen molar-refractivity contribution in [1.82, 2.24) is 10.1 Å². The summed E-state index contributed by atoms with van der Waals surface area (Å²) in [4.78, 5) is 5.60. The highest BCUT2D eigenvalue weighted by Crippen LogP contribution is 2.27. The molecule has 0 aliphatic heterocycles. The Hall–Kier alpha value is -2.27. The molecule has 21 heavy (non-hydrogen) atoms. The Kier molecular flexibility index (Phi) is 3.92. The number of nitrogens with zero attached hydrogens (tertiary/aromatic N) is 2. The molecule has 0 bridgehead atoms. The molecule has 0 atom stereocenters. The Bertz CT molecular complexity index is 740. The molecule has 0 aliphatic rings. The Labute approximate surface area is 127 Å². The van der Waals surface area contributed by atoms with Crippen molar-refractivity contribution in [2.45, 2.75) is 17.6 Å². The van der Waals surface area contributed by atoms with E-state index < -0.39 is 0 Å². The van der Waals surface area contributed by atoms with Crippen LogP contribution < -0.4 is 5.73 Å². The number of thioether (sulfide) groups is 1. The summed E-state index contributed by atoms with van der Waals surface area (Å²) < 4.78 is 5.29. The predicted octanol–water partition coefficient (Wildman–Crippen LogP) is 3.92. The molecule has 4 nitrogen and oxygen atoms in total. The zero-order valence-electron chi connectivity index (χ0n) is 11.6. The van der Waals surface area contributed by atoms with Gasteiger partial charge in [0.05, 0.1) is 5.75 Å². The topological polar surface area (TPSA) is 64.9 Å². The van der Waals surface area contributed by atoms with Crippen LogP contribution >= 0.6 is 11.8 Å². The first-order valence-corrected chi connectivity index (χ1v) is 7.58. The molecular weight excluding hydrogens is 282 g/mol. The molecule has 2 aromatic carbocycles. The highest BCUT2D eigenvalue weighted by atomic mass is 32.2. The van der Waals surface area contributed by atoms with Crippen LogP contribution in [0.5, 0.6) is 0 Å². The van der Waals surface area contributed by atoms with Gasteiger partial charge >= 0.3 is 0 Å². The molecule has 5 heteroatoms. The Morgan fingerprint density at radius 2 is 1.95 bits per heavy atom. The first-order chi connectivity index (χ1) is 10.2. The lowest BCUT2D eigenvalue weighted by molar-refractivity contribution is 0.425. The fourth-order valence-corrected chi connectivity index (χ4v) is 2.84. The van der Waals surface area contributed by atoms with Crippen LogP contribution in [-0.4, -0.2) is 10.1 Å². The lowest BCUT2D eigenvalue weighted by Gasteiger charge is -2.04. The van der Waals surface area contributed by atoms with Gasteiger partial charge in [0.25, 0.3) is 5.89 Å². The van der Waals surface area contributed by atoms with Crippen molar-refractivity contribution in [3.63, 3.8) is 0 Å². The largest absolute Gasteiger partial charge is 0.399 e. The minimum absolute atomic E-state index is 0.556. The molecule has 0 fully saturated rings. The first-order valence-electron chi connectivity index (χ1n) is 6.59. The molecular formula is C16H15N3OS. The van der Waals surface area contributed by atoms with E-state index in [0.29, 0.717) is 17.5 Å². The van der Waals surface area contributed by atoms with E-state index in [1.54, 1.807) is 11.8 Å². The number of rotatable bonds is 4. The molecule has 0 saturated carbocycles. The lowest BCUT2D eigenvalue weighted by atomic mass is 10.2. The molecule has 0 amide bonds. The standard InChI is InChI=1S/C16H15N3OS/c1-11-9-13(17)7-8-14(11)21-10-15-18-16(20-19-15)12-5-3-2-4-6-12/h2-9H,10,17H2,1H3. The average molecular weight is 297 g/mol. The van der Waals surface area contributed by atoms with Crippen molar-refractivity contribution in [3.8, 4) is 11.5 Å². The van der Waals surface area contributed by atoms with E-state index >= 15 is 0 Å². The van der Waals surface area contributed by atoms with Gasteiger partial charge in [-0.2, -0.15) is 4.98 Å². The van der Waals surface area contributed by atoms with Crippen molar-refractivity contribution < 1.29 is 4.52 Å².